The van der Waals surface area contributed by atoms with Crippen LogP contribution in [0, 0.1) is 0 Å². The smallest absolute Gasteiger partial charge is 0.338 e. The zero-order chi connectivity index (χ0) is 27.5. The number of amides is 1. The number of nitrogens with zero attached hydrogens (tertiary/aromatic N) is 1. The van der Waals surface area contributed by atoms with Crippen molar-refractivity contribution in [3.05, 3.63) is 78.4 Å². The Hall–Kier alpha value is -4.21. The van der Waals surface area contributed by atoms with E-state index in [-0.39, 0.29) is 25.9 Å². The van der Waals surface area contributed by atoms with Crippen molar-refractivity contribution >= 4 is 29.2 Å². The van der Waals surface area contributed by atoms with Crippen molar-refractivity contribution in [2.75, 3.05) is 26.7 Å². The zero-order valence-electron chi connectivity index (χ0n) is 21.1. The van der Waals surface area contributed by atoms with Crippen LogP contribution in [0.15, 0.2) is 72.8 Å². The highest BCUT2D eigenvalue weighted by atomic mass is 16.5. The predicted octanol–water partition coefficient (Wildman–Crippen LogP) is 3.53. The predicted molar refractivity (Wildman–Crippen MR) is 136 cm³/mol. The molecule has 9 heteroatoms. The van der Waals surface area contributed by atoms with Gasteiger partial charge in [-0.1, -0.05) is 37.4 Å². The molecule has 0 aliphatic rings. The van der Waals surface area contributed by atoms with Crippen molar-refractivity contribution < 1.29 is 38.2 Å². The molecule has 0 N–H and O–H groups in total. The maximum Gasteiger partial charge on any atom is 0.338 e. The third-order valence-electron chi connectivity index (χ3n) is 4.99. The fraction of sp³-hybridized carbons (Fsp3) is 0.250. The Morgan fingerprint density at radius 3 is 1.65 bits per heavy atom. The molecule has 0 unspecified atom stereocenters. The first-order valence-corrected chi connectivity index (χ1v) is 11.2. The number of carbonyl (C=O) groups is 5. The molecule has 0 aromatic heterocycles. The number of hydrogen-bond donors (Lipinski definition) is 0. The number of hydrogen-bond acceptors (Lipinski definition) is 8. The fourth-order valence-corrected chi connectivity index (χ4v) is 2.77. The van der Waals surface area contributed by atoms with Crippen molar-refractivity contribution in [3.8, 4) is 16.9 Å². The van der Waals surface area contributed by atoms with Gasteiger partial charge in [-0.2, -0.15) is 0 Å². The van der Waals surface area contributed by atoms with Crippen molar-refractivity contribution in [2.45, 2.75) is 20.8 Å². The average molecular weight is 508 g/mol. The van der Waals surface area contributed by atoms with E-state index in [0.717, 1.165) is 18.1 Å². The molecule has 0 saturated heterocycles. The van der Waals surface area contributed by atoms with Crippen LogP contribution >= 0.6 is 0 Å². The van der Waals surface area contributed by atoms with Crippen LogP contribution in [0.4, 0.5) is 0 Å². The topological polar surface area (TPSA) is 116 Å². The minimum Gasteiger partial charge on any atom is -0.423 e. The Kier molecular flexibility index (Phi) is 10.8. The number of esters is 1. The van der Waals surface area contributed by atoms with Crippen LogP contribution in [0.2, 0.25) is 0 Å². The summed E-state index contributed by atoms with van der Waals surface area (Å²) in [4.78, 5) is 60.3. The first-order chi connectivity index (χ1) is 17.5. The Bertz CT molecular complexity index is 1160. The van der Waals surface area contributed by atoms with E-state index in [1.54, 1.807) is 62.4 Å². The van der Waals surface area contributed by atoms with Crippen molar-refractivity contribution in [3.63, 3.8) is 0 Å². The SMILES string of the molecule is C=C(C)C(=O)COCN(COCC(=O)C(C)=O)C(=O)c1ccc(-c2ccc(OC(=O)C(=C)C)cc2)cc1. The summed E-state index contributed by atoms with van der Waals surface area (Å²) in [5.41, 5.74) is 2.57. The number of Topliss-reactive ketones (excluding diaryl/α,β-unsaturated/α-hetero) is 3. The molecule has 2 aromatic carbocycles. The lowest BCUT2D eigenvalue weighted by Gasteiger charge is -2.22. The van der Waals surface area contributed by atoms with E-state index in [2.05, 4.69) is 13.2 Å². The van der Waals surface area contributed by atoms with E-state index in [1.165, 1.54) is 4.90 Å². The van der Waals surface area contributed by atoms with Crippen molar-refractivity contribution in [1.29, 1.82) is 0 Å². The van der Waals surface area contributed by atoms with E-state index in [9.17, 15) is 24.0 Å². The lowest BCUT2D eigenvalue weighted by molar-refractivity contribution is -0.139. The Balaban J connectivity index is 2.10. The van der Waals surface area contributed by atoms with Crippen LogP contribution in [0.5, 0.6) is 5.75 Å². The summed E-state index contributed by atoms with van der Waals surface area (Å²) in [7, 11) is 0. The third kappa shape index (κ3) is 9.06. The summed E-state index contributed by atoms with van der Waals surface area (Å²) in [6, 6.07) is 13.6. The van der Waals surface area contributed by atoms with Crippen LogP contribution in [0.3, 0.4) is 0 Å². The minimum atomic E-state index is -0.726. The van der Waals surface area contributed by atoms with Gasteiger partial charge in [0.25, 0.3) is 5.91 Å². The van der Waals surface area contributed by atoms with E-state index in [0.29, 0.717) is 22.5 Å². The molecule has 0 fully saturated rings. The van der Waals surface area contributed by atoms with Gasteiger partial charge >= 0.3 is 5.97 Å². The normalized spacial score (nSPS) is 10.4. The van der Waals surface area contributed by atoms with Gasteiger partial charge in [-0.05, 0) is 54.8 Å². The van der Waals surface area contributed by atoms with Gasteiger partial charge in [-0.25, -0.2) is 4.79 Å². The van der Waals surface area contributed by atoms with Gasteiger partial charge in [0.15, 0.2) is 11.6 Å². The van der Waals surface area contributed by atoms with E-state index >= 15 is 0 Å². The average Bonchev–Trinajstić information content (AvgIpc) is 2.87. The second-order valence-electron chi connectivity index (χ2n) is 8.25. The lowest BCUT2D eigenvalue weighted by atomic mass is 10.0. The molecule has 194 valence electrons. The minimum absolute atomic E-state index is 0.276. The van der Waals surface area contributed by atoms with Crippen molar-refractivity contribution in [2.24, 2.45) is 0 Å². The second kappa shape index (κ2) is 13.8. The maximum absolute atomic E-state index is 13.1. The molecule has 0 atom stereocenters. The first-order valence-electron chi connectivity index (χ1n) is 11.2. The molecule has 0 aliphatic carbocycles. The second-order valence-corrected chi connectivity index (χ2v) is 8.25. The molecule has 2 aromatic rings. The summed E-state index contributed by atoms with van der Waals surface area (Å²) in [5.74, 6) is -2.29. The summed E-state index contributed by atoms with van der Waals surface area (Å²) < 4.78 is 15.7. The molecule has 0 saturated carbocycles. The van der Waals surface area contributed by atoms with E-state index in [4.69, 9.17) is 14.2 Å². The van der Waals surface area contributed by atoms with Gasteiger partial charge in [-0.3, -0.25) is 24.1 Å². The summed E-state index contributed by atoms with van der Waals surface area (Å²) in [6.07, 6.45) is 0. The van der Waals surface area contributed by atoms with Gasteiger partial charge in [0.1, 0.15) is 32.4 Å². The zero-order valence-corrected chi connectivity index (χ0v) is 21.1. The summed E-state index contributed by atoms with van der Waals surface area (Å²) in [6.45, 7) is 9.97. The summed E-state index contributed by atoms with van der Waals surface area (Å²) in [5, 5.41) is 0. The fourth-order valence-electron chi connectivity index (χ4n) is 2.77. The number of carbonyl (C=O) groups excluding carboxylic acids is 5. The number of rotatable bonds is 14. The highest BCUT2D eigenvalue weighted by Gasteiger charge is 2.18. The molecule has 0 spiro atoms. The molecular weight excluding hydrogens is 478 g/mol. The Morgan fingerprint density at radius 1 is 0.703 bits per heavy atom. The van der Waals surface area contributed by atoms with Crippen LogP contribution in [0.1, 0.15) is 31.1 Å². The van der Waals surface area contributed by atoms with Crippen LogP contribution in [0.25, 0.3) is 11.1 Å². The molecule has 37 heavy (non-hydrogen) atoms. The molecule has 0 bridgehead atoms. The first kappa shape index (κ1) is 29.0. The van der Waals surface area contributed by atoms with Gasteiger partial charge in [0.2, 0.25) is 5.78 Å². The van der Waals surface area contributed by atoms with E-state index < -0.39 is 30.0 Å². The molecule has 0 radical (unpaired) electrons. The molecule has 1 amide bonds. The quantitative estimate of drug-likeness (QED) is 0.125. The highest BCUT2D eigenvalue weighted by Crippen LogP contribution is 2.23. The van der Waals surface area contributed by atoms with Crippen LogP contribution < -0.4 is 4.74 Å². The third-order valence-corrected chi connectivity index (χ3v) is 4.99. The van der Waals surface area contributed by atoms with Gasteiger partial charge in [0, 0.05) is 18.1 Å². The van der Waals surface area contributed by atoms with Gasteiger partial charge in [-0.15, -0.1) is 0 Å². The standard InChI is InChI=1S/C28H29NO8/c1-18(2)25(31)14-35-16-29(17-36-15-26(32)20(5)30)27(33)23-8-6-21(7-9-23)22-10-12-24(13-11-22)37-28(34)19(3)4/h6-13H,1,3,14-17H2,2,4-5H3. The van der Waals surface area contributed by atoms with Gasteiger partial charge < -0.3 is 14.2 Å². The Labute approximate surface area is 215 Å². The number of ketones is 3. The maximum atomic E-state index is 13.1. The van der Waals surface area contributed by atoms with Gasteiger partial charge in [0.05, 0.1) is 0 Å². The lowest BCUT2D eigenvalue weighted by Crippen LogP contribution is -2.37. The van der Waals surface area contributed by atoms with Crippen molar-refractivity contribution in [1.82, 2.24) is 4.90 Å². The van der Waals surface area contributed by atoms with Crippen LogP contribution in [-0.4, -0.2) is 60.8 Å². The molecule has 9 nitrogen and oxygen atoms in total. The van der Waals surface area contributed by atoms with E-state index in [1.807, 2.05) is 0 Å². The molecule has 0 aliphatic heterocycles. The summed E-state index contributed by atoms with van der Waals surface area (Å²) >= 11 is 0. The molecule has 2 rings (SSSR count). The number of benzene rings is 2. The van der Waals surface area contributed by atoms with Crippen LogP contribution in [-0.2, 0) is 28.7 Å². The molecule has 0 heterocycles. The Morgan fingerprint density at radius 2 is 1.19 bits per heavy atom. The molecular formula is C28H29NO8. The number of ether oxygens (including phenoxy) is 3. The largest absolute Gasteiger partial charge is 0.423 e. The highest BCUT2D eigenvalue weighted by molar-refractivity contribution is 6.36. The monoisotopic (exact) mass is 507 g/mol.